The molecule has 0 radical (unpaired) electrons. The number of H-pyrrole nitrogens is 1. The van der Waals surface area contributed by atoms with Crippen LogP contribution in [0.25, 0.3) is 0 Å². The van der Waals surface area contributed by atoms with Crippen LogP contribution >= 0.6 is 11.8 Å². The molecule has 1 saturated carbocycles. The molecule has 4 aliphatic rings. The van der Waals surface area contributed by atoms with Crippen LogP contribution in [-0.4, -0.2) is 60.2 Å². The number of methoxy groups -OCH3 is 1. The Balaban J connectivity index is 1.20. The van der Waals surface area contributed by atoms with E-state index in [1.54, 1.807) is 7.11 Å². The van der Waals surface area contributed by atoms with Crippen molar-refractivity contribution in [1.29, 1.82) is 0 Å². The number of aromatic nitrogens is 1. The second-order valence-corrected chi connectivity index (χ2v) is 12.9. The Morgan fingerprint density at radius 3 is 2.55 bits per heavy atom. The molecule has 2 aliphatic carbocycles. The molecule has 1 unspecified atom stereocenters. The lowest BCUT2D eigenvalue weighted by molar-refractivity contribution is -0.130. The summed E-state index contributed by atoms with van der Waals surface area (Å²) in [6.45, 7) is 8.17. The molecule has 1 aromatic carbocycles. The molecule has 0 spiro atoms. The number of carbonyl (C=O) groups is 1. The molecule has 8 nitrogen and oxygen atoms in total. The second-order valence-electron chi connectivity index (χ2n) is 12.0. The van der Waals surface area contributed by atoms with E-state index in [0.29, 0.717) is 29.2 Å². The van der Waals surface area contributed by atoms with Gasteiger partial charge in [-0.2, -0.15) is 0 Å². The Morgan fingerprint density at radius 2 is 1.85 bits per heavy atom. The number of hydrogen-bond acceptors (Lipinski definition) is 7. The van der Waals surface area contributed by atoms with Crippen LogP contribution < -0.4 is 20.3 Å². The minimum atomic E-state index is -0.726. The van der Waals surface area contributed by atoms with Gasteiger partial charge >= 0.3 is 0 Å². The summed E-state index contributed by atoms with van der Waals surface area (Å²) in [6, 6.07) is 2.56. The van der Waals surface area contributed by atoms with Gasteiger partial charge in [-0.15, -0.1) is 11.8 Å². The number of ether oxygens (including phenoxy) is 3. The summed E-state index contributed by atoms with van der Waals surface area (Å²) in [5, 5.41) is 3.05. The molecular weight excluding hydrogens is 526 g/mol. The van der Waals surface area contributed by atoms with E-state index in [1.807, 2.05) is 26.2 Å². The standard InChI is InChI=1S/C31H41N3O5S/c1-17-13-25(40-5)24(29(35)33-17)14-32-30(36)26-18(2)27-28(23-8-6-7-22(23)26)39-31(3,38-27)19-9-11-20(12-10-19)34-15-21(16-34)37-4/h13,19-21H,6-12,14-16H2,1-5H3,(H,32,36)(H,33,35). The zero-order chi connectivity index (χ0) is 28.2. The number of thioether (sulfide) groups is 1. The number of nitrogens with one attached hydrogen (secondary N) is 2. The van der Waals surface area contributed by atoms with E-state index in [4.69, 9.17) is 14.2 Å². The minimum absolute atomic E-state index is 0.157. The fourth-order valence-electron chi connectivity index (χ4n) is 7.22. The molecule has 1 aromatic heterocycles. The van der Waals surface area contributed by atoms with E-state index in [-0.39, 0.29) is 18.0 Å². The number of amides is 1. The number of pyridine rings is 1. The van der Waals surface area contributed by atoms with Gasteiger partial charge in [0.15, 0.2) is 11.5 Å². The highest BCUT2D eigenvalue weighted by molar-refractivity contribution is 7.98. The van der Waals surface area contributed by atoms with Crippen molar-refractivity contribution in [2.24, 2.45) is 5.92 Å². The lowest BCUT2D eigenvalue weighted by Crippen LogP contribution is -2.57. The Kier molecular flexibility index (Phi) is 7.42. The van der Waals surface area contributed by atoms with Gasteiger partial charge in [-0.3, -0.25) is 14.5 Å². The van der Waals surface area contributed by atoms with Crippen molar-refractivity contribution < 1.29 is 19.0 Å². The van der Waals surface area contributed by atoms with E-state index in [1.165, 1.54) is 11.8 Å². The summed E-state index contributed by atoms with van der Waals surface area (Å²) in [6.07, 6.45) is 9.43. The first-order chi connectivity index (χ1) is 19.2. The van der Waals surface area contributed by atoms with Crippen LogP contribution in [0.5, 0.6) is 11.5 Å². The Bertz CT molecular complexity index is 1380. The molecule has 0 bridgehead atoms. The maximum atomic E-state index is 13.7. The van der Waals surface area contributed by atoms with Gasteiger partial charge in [0, 0.05) is 78.5 Å². The zero-order valence-electron chi connectivity index (χ0n) is 24.3. The third-order valence-corrected chi connectivity index (χ3v) is 10.4. The van der Waals surface area contributed by atoms with E-state index in [2.05, 4.69) is 22.1 Å². The number of carbonyl (C=O) groups excluding carboxylic acids is 1. The van der Waals surface area contributed by atoms with Crippen molar-refractivity contribution in [1.82, 2.24) is 15.2 Å². The molecule has 1 saturated heterocycles. The highest BCUT2D eigenvalue weighted by Crippen LogP contribution is 2.53. The van der Waals surface area contributed by atoms with E-state index in [9.17, 15) is 9.59 Å². The quantitative estimate of drug-likeness (QED) is 0.476. The Hall–Kier alpha value is -2.49. The summed E-state index contributed by atoms with van der Waals surface area (Å²) in [7, 11) is 1.80. The molecule has 2 N–H and O–H groups in total. The first-order valence-electron chi connectivity index (χ1n) is 14.6. The molecule has 1 atom stereocenters. The molecule has 40 heavy (non-hydrogen) atoms. The van der Waals surface area contributed by atoms with E-state index in [0.717, 1.165) is 96.8 Å². The molecule has 2 fully saturated rings. The number of benzene rings is 1. The van der Waals surface area contributed by atoms with Crippen molar-refractivity contribution in [3.05, 3.63) is 49.9 Å². The van der Waals surface area contributed by atoms with E-state index >= 15 is 0 Å². The number of rotatable bonds is 7. The van der Waals surface area contributed by atoms with Crippen molar-refractivity contribution in [2.45, 2.75) is 95.1 Å². The third-order valence-electron chi connectivity index (χ3n) is 9.59. The highest BCUT2D eigenvalue weighted by atomic mass is 32.2. The Morgan fingerprint density at radius 1 is 1.15 bits per heavy atom. The number of hydrogen-bond donors (Lipinski definition) is 2. The van der Waals surface area contributed by atoms with Crippen molar-refractivity contribution >= 4 is 17.7 Å². The number of aryl methyl sites for hydroxylation is 1. The van der Waals surface area contributed by atoms with Gasteiger partial charge < -0.3 is 24.5 Å². The number of aromatic amines is 1. The van der Waals surface area contributed by atoms with Gasteiger partial charge in [-0.1, -0.05) is 0 Å². The zero-order valence-corrected chi connectivity index (χ0v) is 25.1. The van der Waals surface area contributed by atoms with Crippen molar-refractivity contribution in [3.8, 4) is 11.5 Å². The van der Waals surface area contributed by atoms with Crippen molar-refractivity contribution in [2.75, 3.05) is 26.5 Å². The first-order valence-corrected chi connectivity index (χ1v) is 15.8. The molecule has 3 heterocycles. The molecule has 216 valence electrons. The fraction of sp³-hybridized carbons (Fsp3) is 0.613. The maximum absolute atomic E-state index is 13.7. The molecular formula is C31H41N3O5S. The Labute approximate surface area is 240 Å². The summed E-state index contributed by atoms with van der Waals surface area (Å²) in [4.78, 5) is 32.6. The smallest absolute Gasteiger partial charge is 0.254 e. The predicted molar refractivity (Wildman–Crippen MR) is 156 cm³/mol. The van der Waals surface area contributed by atoms with Crippen LogP contribution in [0.1, 0.15) is 77.3 Å². The van der Waals surface area contributed by atoms with Crippen LogP contribution in [-0.2, 0) is 24.1 Å². The van der Waals surface area contributed by atoms with Crippen LogP contribution in [0.15, 0.2) is 15.8 Å². The van der Waals surface area contributed by atoms with Gasteiger partial charge in [-0.25, -0.2) is 0 Å². The van der Waals surface area contributed by atoms with E-state index < -0.39 is 5.79 Å². The normalized spacial score (nSPS) is 26.0. The summed E-state index contributed by atoms with van der Waals surface area (Å²) in [5.74, 6) is 0.973. The number of fused-ring (bicyclic) bond motifs is 3. The summed E-state index contributed by atoms with van der Waals surface area (Å²) < 4.78 is 18.9. The average molecular weight is 568 g/mol. The van der Waals surface area contributed by atoms with Gasteiger partial charge in [0.1, 0.15) is 0 Å². The first kappa shape index (κ1) is 27.7. The number of nitrogens with zero attached hydrogens (tertiary/aromatic N) is 1. The van der Waals surface area contributed by atoms with Crippen LogP contribution in [0.2, 0.25) is 0 Å². The highest BCUT2D eigenvalue weighted by Gasteiger charge is 2.49. The molecule has 2 aromatic rings. The van der Waals surface area contributed by atoms with Gasteiger partial charge in [0.2, 0.25) is 0 Å². The van der Waals surface area contributed by atoms with Crippen LogP contribution in [0.4, 0.5) is 0 Å². The second kappa shape index (κ2) is 10.7. The van der Waals surface area contributed by atoms with Gasteiger partial charge in [0.25, 0.3) is 17.3 Å². The largest absolute Gasteiger partial charge is 0.448 e. The minimum Gasteiger partial charge on any atom is -0.448 e. The summed E-state index contributed by atoms with van der Waals surface area (Å²) in [5.41, 5.74) is 4.94. The van der Waals surface area contributed by atoms with Crippen LogP contribution in [0.3, 0.4) is 0 Å². The molecule has 6 rings (SSSR count). The molecule has 1 amide bonds. The average Bonchev–Trinajstić information content (AvgIpc) is 3.53. The fourth-order valence-corrected chi connectivity index (χ4v) is 7.93. The summed E-state index contributed by atoms with van der Waals surface area (Å²) >= 11 is 1.52. The van der Waals surface area contributed by atoms with Gasteiger partial charge in [-0.05, 0) is 76.7 Å². The third kappa shape index (κ3) is 4.73. The molecule has 2 aliphatic heterocycles. The maximum Gasteiger partial charge on any atom is 0.254 e. The molecule has 9 heteroatoms. The lowest BCUT2D eigenvalue weighted by Gasteiger charge is -2.47. The lowest BCUT2D eigenvalue weighted by atomic mass is 9.80. The number of likely N-dealkylation sites (tertiary alicyclic amines) is 1. The SMILES string of the molecule is COC1CN(C2CCC(C3(C)Oc4c(C)c(C(=O)NCc5c(SC)cc(C)[nH]c5=O)c5c(c4O3)CCC5)CC2)C1. The predicted octanol–water partition coefficient (Wildman–Crippen LogP) is 4.51. The monoisotopic (exact) mass is 567 g/mol. The topological polar surface area (TPSA) is 92.9 Å². The van der Waals surface area contributed by atoms with Gasteiger partial charge in [0.05, 0.1) is 6.10 Å². The van der Waals surface area contributed by atoms with Crippen molar-refractivity contribution in [3.63, 3.8) is 0 Å². The van der Waals surface area contributed by atoms with Crippen LogP contribution in [0, 0.1) is 19.8 Å².